The predicted molar refractivity (Wildman–Crippen MR) is 77.6 cm³/mol. The summed E-state index contributed by atoms with van der Waals surface area (Å²) in [6.45, 7) is 1.13. The zero-order valence-corrected chi connectivity index (χ0v) is 11.0. The Morgan fingerprint density at radius 1 is 1.20 bits per heavy atom. The molecule has 1 aromatic heterocycles. The van der Waals surface area contributed by atoms with Gasteiger partial charge in [-0.15, -0.1) is 0 Å². The molecule has 20 heavy (non-hydrogen) atoms. The minimum Gasteiger partial charge on any atom is -0.395 e. The highest BCUT2D eigenvalue weighted by Crippen LogP contribution is 2.13. The molecule has 0 amide bonds. The van der Waals surface area contributed by atoms with Crippen LogP contribution in [0, 0.1) is 5.41 Å². The number of nitrogens with two attached hydrogens (primary N) is 1. The highest BCUT2D eigenvalue weighted by Gasteiger charge is 2.09. The van der Waals surface area contributed by atoms with Crippen molar-refractivity contribution in [3.05, 3.63) is 54.0 Å². The molecule has 0 aliphatic carbocycles. The van der Waals surface area contributed by atoms with E-state index in [1.165, 1.54) is 6.20 Å². The molecule has 0 saturated carbocycles. The SMILES string of the molecule is N=C(N)c1cnc(N(CCO)Cc2ccccc2)cn1. The monoisotopic (exact) mass is 271 g/mol. The predicted octanol–water partition coefficient (Wildman–Crippen LogP) is 0.760. The fourth-order valence-electron chi connectivity index (χ4n) is 1.82. The number of aromatic nitrogens is 2. The molecule has 0 aliphatic heterocycles. The Morgan fingerprint density at radius 2 is 1.95 bits per heavy atom. The Morgan fingerprint density at radius 3 is 2.50 bits per heavy atom. The van der Waals surface area contributed by atoms with Crippen LogP contribution in [-0.2, 0) is 6.54 Å². The minimum atomic E-state index is -0.110. The number of nitrogens with zero attached hydrogens (tertiary/aromatic N) is 3. The minimum absolute atomic E-state index is 0.0307. The molecule has 6 heteroatoms. The molecular formula is C14H17N5O. The third-order valence-electron chi connectivity index (χ3n) is 2.82. The lowest BCUT2D eigenvalue weighted by molar-refractivity contribution is 0.301. The molecule has 104 valence electrons. The molecule has 2 rings (SSSR count). The molecule has 1 heterocycles. The molecule has 0 unspecified atom stereocenters. The van der Waals surface area contributed by atoms with Crippen LogP contribution in [0.15, 0.2) is 42.7 Å². The van der Waals surface area contributed by atoms with Crippen LogP contribution in [0.2, 0.25) is 0 Å². The maximum absolute atomic E-state index is 9.17. The second-order valence-electron chi connectivity index (χ2n) is 4.30. The number of nitrogens with one attached hydrogen (secondary N) is 1. The zero-order valence-electron chi connectivity index (χ0n) is 11.0. The fourth-order valence-corrected chi connectivity index (χ4v) is 1.82. The van der Waals surface area contributed by atoms with Crippen LogP contribution in [0.4, 0.5) is 5.82 Å². The maximum Gasteiger partial charge on any atom is 0.147 e. The number of rotatable bonds is 6. The molecule has 0 atom stereocenters. The van der Waals surface area contributed by atoms with Gasteiger partial charge in [-0.2, -0.15) is 0 Å². The fraction of sp³-hybridized carbons (Fsp3) is 0.214. The first-order valence-electron chi connectivity index (χ1n) is 6.27. The van der Waals surface area contributed by atoms with Crippen molar-refractivity contribution in [1.82, 2.24) is 9.97 Å². The number of amidine groups is 1. The average molecular weight is 271 g/mol. The van der Waals surface area contributed by atoms with E-state index in [0.717, 1.165) is 5.56 Å². The summed E-state index contributed by atoms with van der Waals surface area (Å²) in [5.41, 5.74) is 6.82. The Hall–Kier alpha value is -2.47. The van der Waals surface area contributed by atoms with Gasteiger partial charge in [-0.05, 0) is 5.56 Å². The Labute approximate surface area is 117 Å². The number of hydrogen-bond donors (Lipinski definition) is 3. The van der Waals surface area contributed by atoms with Gasteiger partial charge in [0.25, 0.3) is 0 Å². The topological polar surface area (TPSA) is 99.1 Å². The normalized spacial score (nSPS) is 10.2. The molecule has 0 aliphatic rings. The van der Waals surface area contributed by atoms with Crippen LogP contribution in [0.25, 0.3) is 0 Å². The highest BCUT2D eigenvalue weighted by molar-refractivity contribution is 5.92. The number of hydrogen-bond acceptors (Lipinski definition) is 5. The van der Waals surface area contributed by atoms with E-state index < -0.39 is 0 Å². The van der Waals surface area contributed by atoms with E-state index in [2.05, 4.69) is 9.97 Å². The number of benzene rings is 1. The largest absolute Gasteiger partial charge is 0.395 e. The van der Waals surface area contributed by atoms with Crippen LogP contribution in [0.1, 0.15) is 11.3 Å². The summed E-state index contributed by atoms with van der Waals surface area (Å²) in [6.07, 6.45) is 3.03. The first-order valence-corrected chi connectivity index (χ1v) is 6.27. The summed E-state index contributed by atoms with van der Waals surface area (Å²) < 4.78 is 0. The Balaban J connectivity index is 2.17. The standard InChI is InChI=1S/C14H17N5O/c15-14(16)12-8-18-13(9-17-12)19(6-7-20)10-11-4-2-1-3-5-11/h1-5,8-9,20H,6-7,10H2,(H3,15,16). The first-order chi connectivity index (χ1) is 9.70. The van der Waals surface area contributed by atoms with Crippen molar-refractivity contribution < 1.29 is 5.11 Å². The molecule has 0 fully saturated rings. The van der Waals surface area contributed by atoms with E-state index in [4.69, 9.17) is 11.1 Å². The van der Waals surface area contributed by atoms with Crippen molar-refractivity contribution in [3.8, 4) is 0 Å². The number of nitrogen functional groups attached to an aromatic ring is 1. The third-order valence-corrected chi connectivity index (χ3v) is 2.82. The van der Waals surface area contributed by atoms with Crippen LogP contribution in [0.5, 0.6) is 0 Å². The second-order valence-corrected chi connectivity index (χ2v) is 4.30. The summed E-state index contributed by atoms with van der Waals surface area (Å²) in [7, 11) is 0. The Bertz CT molecular complexity index is 556. The van der Waals surface area contributed by atoms with Crippen molar-refractivity contribution in [3.63, 3.8) is 0 Å². The molecular weight excluding hydrogens is 254 g/mol. The van der Waals surface area contributed by atoms with Gasteiger partial charge in [-0.3, -0.25) is 5.41 Å². The third kappa shape index (κ3) is 3.52. The van der Waals surface area contributed by atoms with E-state index in [1.54, 1.807) is 6.20 Å². The smallest absolute Gasteiger partial charge is 0.147 e. The van der Waals surface area contributed by atoms with Crippen LogP contribution in [-0.4, -0.2) is 34.1 Å². The lowest BCUT2D eigenvalue weighted by Gasteiger charge is -2.22. The lowest BCUT2D eigenvalue weighted by Crippen LogP contribution is -2.27. The molecule has 0 saturated heterocycles. The van der Waals surface area contributed by atoms with Crippen molar-refractivity contribution >= 4 is 11.7 Å². The van der Waals surface area contributed by atoms with E-state index in [1.807, 2.05) is 35.2 Å². The van der Waals surface area contributed by atoms with E-state index >= 15 is 0 Å². The molecule has 6 nitrogen and oxygen atoms in total. The van der Waals surface area contributed by atoms with Crippen molar-refractivity contribution in [2.75, 3.05) is 18.1 Å². The molecule has 0 spiro atoms. The zero-order chi connectivity index (χ0) is 14.4. The van der Waals surface area contributed by atoms with Crippen molar-refractivity contribution in [1.29, 1.82) is 5.41 Å². The highest BCUT2D eigenvalue weighted by atomic mass is 16.3. The van der Waals surface area contributed by atoms with Crippen molar-refractivity contribution in [2.45, 2.75) is 6.54 Å². The lowest BCUT2D eigenvalue weighted by atomic mass is 10.2. The van der Waals surface area contributed by atoms with Crippen LogP contribution < -0.4 is 10.6 Å². The molecule has 1 aromatic carbocycles. The Kier molecular flexibility index (Phi) is 4.62. The van der Waals surface area contributed by atoms with E-state index in [-0.39, 0.29) is 12.4 Å². The number of aliphatic hydroxyl groups is 1. The van der Waals surface area contributed by atoms with Gasteiger partial charge in [0.2, 0.25) is 0 Å². The number of anilines is 1. The van der Waals surface area contributed by atoms with Gasteiger partial charge in [0.15, 0.2) is 0 Å². The summed E-state index contributed by atoms with van der Waals surface area (Å²) in [6, 6.07) is 9.93. The quantitative estimate of drug-likeness (QED) is 0.532. The average Bonchev–Trinajstić information content (AvgIpc) is 2.48. The molecule has 4 N–H and O–H groups in total. The van der Waals surface area contributed by atoms with Gasteiger partial charge in [0.05, 0.1) is 19.0 Å². The van der Waals surface area contributed by atoms with Gasteiger partial charge in [0, 0.05) is 13.1 Å². The van der Waals surface area contributed by atoms with Gasteiger partial charge in [-0.25, -0.2) is 9.97 Å². The van der Waals surface area contributed by atoms with Gasteiger partial charge < -0.3 is 15.7 Å². The van der Waals surface area contributed by atoms with Gasteiger partial charge >= 0.3 is 0 Å². The first kappa shape index (κ1) is 14.0. The summed E-state index contributed by atoms with van der Waals surface area (Å²) in [5.74, 6) is 0.536. The van der Waals surface area contributed by atoms with E-state index in [9.17, 15) is 5.11 Å². The summed E-state index contributed by atoms with van der Waals surface area (Å²) in [4.78, 5) is 10.3. The van der Waals surface area contributed by atoms with Crippen LogP contribution >= 0.6 is 0 Å². The van der Waals surface area contributed by atoms with Crippen molar-refractivity contribution in [2.24, 2.45) is 5.73 Å². The van der Waals surface area contributed by atoms with E-state index in [0.29, 0.717) is 24.6 Å². The molecule has 0 bridgehead atoms. The maximum atomic E-state index is 9.17. The summed E-state index contributed by atoms with van der Waals surface area (Å²) >= 11 is 0. The van der Waals surface area contributed by atoms with Gasteiger partial charge in [-0.1, -0.05) is 30.3 Å². The molecule has 0 radical (unpaired) electrons. The van der Waals surface area contributed by atoms with Gasteiger partial charge in [0.1, 0.15) is 17.3 Å². The van der Waals surface area contributed by atoms with Crippen LogP contribution in [0.3, 0.4) is 0 Å². The number of aliphatic hydroxyl groups excluding tert-OH is 1. The summed E-state index contributed by atoms with van der Waals surface area (Å²) in [5, 5.41) is 16.5. The molecule has 2 aromatic rings. The second kappa shape index (κ2) is 6.63.